The molecule has 0 aromatic heterocycles. The molecule has 1 saturated carbocycles. The number of benzene rings is 1. The van der Waals surface area contributed by atoms with E-state index in [1.165, 1.54) is 6.42 Å². The molecule has 1 aromatic rings. The minimum absolute atomic E-state index is 0.00214. The third-order valence-corrected chi connectivity index (χ3v) is 4.78. The van der Waals surface area contributed by atoms with Crippen LogP contribution in [0.1, 0.15) is 44.8 Å². The quantitative estimate of drug-likeness (QED) is 0.930. The molecule has 2 fully saturated rings. The largest absolute Gasteiger partial charge is 0.497 e. The molecular formula is C17H24N2O2. The Morgan fingerprint density at radius 3 is 2.57 bits per heavy atom. The lowest BCUT2D eigenvalue weighted by atomic mass is 9.91. The van der Waals surface area contributed by atoms with Crippen LogP contribution in [0.3, 0.4) is 0 Å². The Labute approximate surface area is 126 Å². The number of carbonyl (C=O) groups is 1. The van der Waals surface area contributed by atoms with Crippen molar-refractivity contribution in [2.75, 3.05) is 13.7 Å². The number of nitrogens with one attached hydrogen (secondary N) is 1. The van der Waals surface area contributed by atoms with Crippen molar-refractivity contribution in [2.24, 2.45) is 5.41 Å². The summed E-state index contributed by atoms with van der Waals surface area (Å²) in [5.74, 6) is 1.06. The highest BCUT2D eigenvalue weighted by Gasteiger charge is 2.42. The van der Waals surface area contributed by atoms with E-state index in [4.69, 9.17) is 4.74 Å². The first kappa shape index (κ1) is 14.4. The van der Waals surface area contributed by atoms with Crippen molar-refractivity contribution in [1.29, 1.82) is 0 Å². The lowest BCUT2D eigenvalue weighted by molar-refractivity contribution is -0.130. The molecule has 21 heavy (non-hydrogen) atoms. The van der Waals surface area contributed by atoms with Gasteiger partial charge in [0.05, 0.1) is 13.7 Å². The summed E-state index contributed by atoms with van der Waals surface area (Å²) >= 11 is 0. The molecule has 2 aliphatic rings. The van der Waals surface area contributed by atoms with Gasteiger partial charge in [-0.25, -0.2) is 0 Å². The molecule has 1 saturated heterocycles. The first-order chi connectivity index (χ1) is 10.00. The van der Waals surface area contributed by atoms with Crippen LogP contribution in [0.15, 0.2) is 24.3 Å². The monoisotopic (exact) mass is 288 g/mol. The topological polar surface area (TPSA) is 41.6 Å². The van der Waals surface area contributed by atoms with E-state index in [9.17, 15) is 4.79 Å². The third-order valence-electron chi connectivity index (χ3n) is 4.78. The lowest BCUT2D eigenvalue weighted by Gasteiger charge is -2.31. The van der Waals surface area contributed by atoms with Gasteiger partial charge in [0.1, 0.15) is 11.9 Å². The molecular weight excluding hydrogens is 264 g/mol. The van der Waals surface area contributed by atoms with Crippen LogP contribution >= 0.6 is 0 Å². The Hall–Kier alpha value is -1.55. The SMILES string of the molecule is COc1ccc(C2NCC(=O)N2C2CCC(C)(C)C2)cc1. The van der Waals surface area contributed by atoms with Crippen molar-refractivity contribution in [3.05, 3.63) is 29.8 Å². The van der Waals surface area contributed by atoms with E-state index in [1.807, 2.05) is 24.3 Å². The van der Waals surface area contributed by atoms with Crippen molar-refractivity contribution >= 4 is 5.91 Å². The van der Waals surface area contributed by atoms with Gasteiger partial charge in [-0.3, -0.25) is 10.1 Å². The molecule has 3 rings (SSSR count). The average molecular weight is 288 g/mol. The van der Waals surface area contributed by atoms with Crippen molar-refractivity contribution in [3.8, 4) is 5.75 Å². The summed E-state index contributed by atoms with van der Waals surface area (Å²) in [4.78, 5) is 14.4. The minimum atomic E-state index is 0.00214. The molecule has 1 aliphatic carbocycles. The second-order valence-electron chi connectivity index (χ2n) is 6.92. The van der Waals surface area contributed by atoms with Gasteiger partial charge in [0.15, 0.2) is 0 Å². The fourth-order valence-corrected chi connectivity index (χ4v) is 3.63. The molecule has 114 valence electrons. The van der Waals surface area contributed by atoms with Gasteiger partial charge in [-0.2, -0.15) is 0 Å². The summed E-state index contributed by atoms with van der Waals surface area (Å²) < 4.78 is 5.21. The van der Waals surface area contributed by atoms with Gasteiger partial charge in [0, 0.05) is 6.04 Å². The third kappa shape index (κ3) is 2.77. The van der Waals surface area contributed by atoms with Crippen LogP contribution in [0.5, 0.6) is 5.75 Å². The lowest BCUT2D eigenvalue weighted by Crippen LogP contribution is -2.38. The zero-order valence-corrected chi connectivity index (χ0v) is 13.1. The predicted octanol–water partition coefficient (Wildman–Crippen LogP) is 2.70. The van der Waals surface area contributed by atoms with E-state index in [1.54, 1.807) is 7.11 Å². The second kappa shape index (κ2) is 5.34. The van der Waals surface area contributed by atoms with Crippen LogP contribution in [0.25, 0.3) is 0 Å². The summed E-state index contributed by atoms with van der Waals surface area (Å²) in [7, 11) is 1.67. The highest BCUT2D eigenvalue weighted by Crippen LogP contribution is 2.42. The molecule has 1 heterocycles. The molecule has 0 bridgehead atoms. The summed E-state index contributed by atoms with van der Waals surface area (Å²) in [6.07, 6.45) is 3.39. The summed E-state index contributed by atoms with van der Waals surface area (Å²) in [6, 6.07) is 8.35. The molecule has 1 aliphatic heterocycles. The number of ether oxygens (including phenoxy) is 1. The van der Waals surface area contributed by atoms with E-state index in [2.05, 4.69) is 24.1 Å². The molecule has 0 spiro atoms. The Balaban J connectivity index is 1.82. The maximum atomic E-state index is 12.3. The number of hydrogen-bond acceptors (Lipinski definition) is 3. The fourth-order valence-electron chi connectivity index (χ4n) is 3.63. The fraction of sp³-hybridized carbons (Fsp3) is 0.588. The van der Waals surface area contributed by atoms with Crippen LogP contribution in [-0.4, -0.2) is 30.5 Å². The minimum Gasteiger partial charge on any atom is -0.497 e. The molecule has 1 aromatic carbocycles. The smallest absolute Gasteiger partial charge is 0.238 e. The average Bonchev–Trinajstić information content (AvgIpc) is 3.01. The normalized spacial score (nSPS) is 28.1. The molecule has 1 amide bonds. The van der Waals surface area contributed by atoms with E-state index in [-0.39, 0.29) is 12.1 Å². The van der Waals surface area contributed by atoms with Gasteiger partial charge in [-0.15, -0.1) is 0 Å². The number of methoxy groups -OCH3 is 1. The van der Waals surface area contributed by atoms with Crippen LogP contribution < -0.4 is 10.1 Å². The number of hydrogen-bond donors (Lipinski definition) is 1. The van der Waals surface area contributed by atoms with Crippen LogP contribution in [0.2, 0.25) is 0 Å². The highest BCUT2D eigenvalue weighted by molar-refractivity contribution is 5.81. The van der Waals surface area contributed by atoms with Crippen molar-refractivity contribution < 1.29 is 9.53 Å². The van der Waals surface area contributed by atoms with Crippen molar-refractivity contribution in [1.82, 2.24) is 10.2 Å². The molecule has 4 heteroatoms. The van der Waals surface area contributed by atoms with Crippen LogP contribution in [0, 0.1) is 5.41 Å². The zero-order chi connectivity index (χ0) is 15.0. The molecule has 4 nitrogen and oxygen atoms in total. The Morgan fingerprint density at radius 1 is 1.29 bits per heavy atom. The summed E-state index contributed by atoms with van der Waals surface area (Å²) in [6.45, 7) is 5.03. The Morgan fingerprint density at radius 2 is 2.00 bits per heavy atom. The molecule has 2 unspecified atom stereocenters. The summed E-state index contributed by atoms with van der Waals surface area (Å²) in [5, 5.41) is 3.35. The standard InChI is InChI=1S/C17H24N2O2/c1-17(2)9-8-13(10-17)19-15(20)11-18-16(19)12-4-6-14(21-3)7-5-12/h4-7,13,16,18H,8-11H2,1-3H3. The first-order valence-electron chi connectivity index (χ1n) is 7.69. The number of rotatable bonds is 3. The van der Waals surface area contributed by atoms with Crippen molar-refractivity contribution in [3.63, 3.8) is 0 Å². The van der Waals surface area contributed by atoms with Gasteiger partial charge in [-0.05, 0) is 42.4 Å². The highest BCUT2D eigenvalue weighted by atomic mass is 16.5. The zero-order valence-electron chi connectivity index (χ0n) is 13.1. The first-order valence-corrected chi connectivity index (χ1v) is 7.69. The summed E-state index contributed by atoms with van der Waals surface area (Å²) in [5.41, 5.74) is 1.48. The van der Waals surface area contributed by atoms with Crippen molar-refractivity contribution in [2.45, 2.75) is 45.3 Å². The van der Waals surface area contributed by atoms with Crippen LogP contribution in [0.4, 0.5) is 0 Å². The Bertz CT molecular complexity index is 524. The predicted molar refractivity (Wildman–Crippen MR) is 82.0 cm³/mol. The van der Waals surface area contributed by atoms with Gasteiger partial charge in [-0.1, -0.05) is 26.0 Å². The van der Waals surface area contributed by atoms with Gasteiger partial charge < -0.3 is 9.64 Å². The molecule has 2 atom stereocenters. The maximum absolute atomic E-state index is 12.3. The Kier molecular flexibility index (Phi) is 3.66. The van der Waals surface area contributed by atoms with Crippen LogP contribution in [-0.2, 0) is 4.79 Å². The van der Waals surface area contributed by atoms with Gasteiger partial charge >= 0.3 is 0 Å². The van der Waals surface area contributed by atoms with E-state index in [0.29, 0.717) is 18.0 Å². The maximum Gasteiger partial charge on any atom is 0.238 e. The molecule has 0 radical (unpaired) electrons. The van der Waals surface area contributed by atoms with Gasteiger partial charge in [0.25, 0.3) is 0 Å². The van der Waals surface area contributed by atoms with E-state index >= 15 is 0 Å². The molecule has 1 N–H and O–H groups in total. The number of amides is 1. The number of nitrogens with zero attached hydrogens (tertiary/aromatic N) is 1. The second-order valence-corrected chi connectivity index (χ2v) is 6.92. The number of carbonyl (C=O) groups excluding carboxylic acids is 1. The van der Waals surface area contributed by atoms with E-state index in [0.717, 1.165) is 24.2 Å². The van der Waals surface area contributed by atoms with Gasteiger partial charge in [0.2, 0.25) is 5.91 Å². The van der Waals surface area contributed by atoms with E-state index < -0.39 is 0 Å².